The smallest absolute Gasteiger partial charge is 0.0923 e. The molecule has 0 saturated carbocycles. The van der Waals surface area contributed by atoms with Gasteiger partial charge in [-0.2, -0.15) is 0 Å². The second-order valence-electron chi connectivity index (χ2n) is 8.30. The number of fused-ring (bicyclic) bond motifs is 2. The summed E-state index contributed by atoms with van der Waals surface area (Å²) in [5.74, 6) is 0. The zero-order valence-electron chi connectivity index (χ0n) is 17.2. The van der Waals surface area contributed by atoms with Gasteiger partial charge in [-0.1, -0.05) is 29.3 Å². The molecule has 1 aliphatic carbocycles. The highest BCUT2D eigenvalue weighted by molar-refractivity contribution is 6.30. The van der Waals surface area contributed by atoms with Gasteiger partial charge in [0.15, 0.2) is 0 Å². The number of pyridine rings is 1. The maximum atomic E-state index is 6.33. The molecule has 2 aliphatic rings. The molecule has 154 valence electrons. The van der Waals surface area contributed by atoms with E-state index >= 15 is 0 Å². The summed E-state index contributed by atoms with van der Waals surface area (Å²) in [7, 11) is 0. The van der Waals surface area contributed by atoms with Gasteiger partial charge in [-0.25, -0.2) is 4.98 Å². The summed E-state index contributed by atoms with van der Waals surface area (Å²) < 4.78 is 0. The van der Waals surface area contributed by atoms with E-state index in [2.05, 4.69) is 39.1 Å². The Morgan fingerprint density at radius 2 is 1.87 bits per heavy atom. The van der Waals surface area contributed by atoms with Crippen LogP contribution in [0.4, 0.5) is 0 Å². The summed E-state index contributed by atoms with van der Waals surface area (Å²) in [5, 5.41) is 0.823. The van der Waals surface area contributed by atoms with Crippen LogP contribution in [0.2, 0.25) is 5.02 Å². The van der Waals surface area contributed by atoms with E-state index in [1.165, 1.54) is 28.0 Å². The molecular formula is C25H27ClN4. The first-order chi connectivity index (χ1) is 14.8. The third kappa shape index (κ3) is 4.07. The molecule has 3 heterocycles. The fourth-order valence-electron chi connectivity index (χ4n) is 4.84. The Labute approximate surface area is 183 Å². The number of benzene rings is 1. The maximum absolute atomic E-state index is 6.33. The fraction of sp³-hybridized carbons (Fsp3) is 0.360. The number of rotatable bonds is 4. The second-order valence-corrected chi connectivity index (χ2v) is 8.73. The highest BCUT2D eigenvalue weighted by atomic mass is 35.5. The van der Waals surface area contributed by atoms with Crippen LogP contribution < -0.4 is 0 Å². The summed E-state index contributed by atoms with van der Waals surface area (Å²) in [6.07, 6.45) is 12.1. The summed E-state index contributed by atoms with van der Waals surface area (Å²) in [4.78, 5) is 14.8. The summed E-state index contributed by atoms with van der Waals surface area (Å²) in [6.45, 7) is 3.37. The van der Waals surface area contributed by atoms with E-state index in [-0.39, 0.29) is 0 Å². The van der Waals surface area contributed by atoms with E-state index in [0.717, 1.165) is 68.9 Å². The Morgan fingerprint density at radius 3 is 2.70 bits per heavy atom. The summed E-state index contributed by atoms with van der Waals surface area (Å²) >= 11 is 6.33. The van der Waals surface area contributed by atoms with Gasteiger partial charge in [-0.3, -0.25) is 4.98 Å². The van der Waals surface area contributed by atoms with Gasteiger partial charge in [0.25, 0.3) is 0 Å². The molecule has 1 saturated heterocycles. The fourth-order valence-corrected chi connectivity index (χ4v) is 5.04. The average molecular weight is 419 g/mol. The van der Waals surface area contributed by atoms with Crippen LogP contribution in [0.5, 0.6) is 0 Å². The molecule has 1 fully saturated rings. The highest BCUT2D eigenvalue weighted by Gasteiger charge is 2.25. The van der Waals surface area contributed by atoms with Crippen LogP contribution in [0.25, 0.3) is 5.57 Å². The quantitative estimate of drug-likeness (QED) is 0.642. The third-order valence-corrected chi connectivity index (χ3v) is 6.64. The number of halogens is 1. The minimum Gasteiger partial charge on any atom is -0.351 e. The predicted octanol–water partition coefficient (Wildman–Crippen LogP) is 5.09. The van der Waals surface area contributed by atoms with Gasteiger partial charge in [-0.15, -0.1) is 0 Å². The lowest BCUT2D eigenvalue weighted by Gasteiger charge is -2.30. The molecule has 1 aromatic carbocycles. The van der Waals surface area contributed by atoms with Gasteiger partial charge < -0.3 is 9.88 Å². The Morgan fingerprint density at radius 1 is 1.00 bits per heavy atom. The van der Waals surface area contributed by atoms with Gasteiger partial charge in [-0.05, 0) is 80.0 Å². The first-order valence-electron chi connectivity index (χ1n) is 10.9. The number of hydrogen-bond donors (Lipinski definition) is 1. The van der Waals surface area contributed by atoms with Crippen molar-refractivity contribution in [3.63, 3.8) is 0 Å². The molecule has 30 heavy (non-hydrogen) atoms. The Hall–Kier alpha value is -2.43. The number of aromatic nitrogens is 3. The van der Waals surface area contributed by atoms with Crippen molar-refractivity contribution < 1.29 is 0 Å². The number of hydrogen-bond acceptors (Lipinski definition) is 3. The van der Waals surface area contributed by atoms with Crippen molar-refractivity contribution in [3.8, 4) is 0 Å². The zero-order valence-corrected chi connectivity index (χ0v) is 18.0. The number of aryl methyl sites for hydroxylation is 3. The highest BCUT2D eigenvalue weighted by Crippen LogP contribution is 2.38. The standard InChI is InChI=1S/C25H27ClN4/c26-21-7-8-23-20(15-21)6-5-19-3-1-11-28-25(19)24(23)18-9-13-30(14-10-18)12-2-4-22-16-27-17-29-22/h1,3,7-8,11,15-17H,2,4-6,9-10,12-14H2,(H,27,29). The van der Waals surface area contributed by atoms with Gasteiger partial charge in [0.2, 0.25) is 0 Å². The van der Waals surface area contributed by atoms with E-state index in [0.29, 0.717) is 0 Å². The molecule has 4 nitrogen and oxygen atoms in total. The van der Waals surface area contributed by atoms with E-state index in [1.807, 2.05) is 18.5 Å². The van der Waals surface area contributed by atoms with Gasteiger partial charge >= 0.3 is 0 Å². The summed E-state index contributed by atoms with van der Waals surface area (Å²) in [6, 6.07) is 10.7. The van der Waals surface area contributed by atoms with Crippen molar-refractivity contribution in [1.29, 1.82) is 0 Å². The summed E-state index contributed by atoms with van der Waals surface area (Å²) in [5.41, 5.74) is 9.29. The molecule has 3 aromatic rings. The number of imidazole rings is 1. The normalized spacial score (nSPS) is 16.8. The molecular weight excluding hydrogens is 392 g/mol. The maximum Gasteiger partial charge on any atom is 0.0923 e. The topological polar surface area (TPSA) is 44.8 Å². The molecule has 0 bridgehead atoms. The monoisotopic (exact) mass is 418 g/mol. The van der Waals surface area contributed by atoms with Gasteiger partial charge in [0.1, 0.15) is 0 Å². The Kier molecular flexibility index (Phi) is 5.69. The van der Waals surface area contributed by atoms with Crippen molar-refractivity contribution in [3.05, 3.63) is 87.7 Å². The van der Waals surface area contributed by atoms with Crippen LogP contribution in [-0.2, 0) is 19.3 Å². The van der Waals surface area contributed by atoms with Crippen molar-refractivity contribution >= 4 is 17.2 Å². The second kappa shape index (κ2) is 8.75. The first-order valence-corrected chi connectivity index (χ1v) is 11.3. The van der Waals surface area contributed by atoms with Crippen LogP contribution in [0.15, 0.2) is 54.6 Å². The van der Waals surface area contributed by atoms with Gasteiger partial charge in [0, 0.05) is 36.1 Å². The molecule has 0 radical (unpaired) electrons. The number of likely N-dealkylation sites (tertiary alicyclic amines) is 1. The van der Waals surface area contributed by atoms with E-state index in [4.69, 9.17) is 16.6 Å². The van der Waals surface area contributed by atoms with Crippen LogP contribution >= 0.6 is 11.6 Å². The largest absolute Gasteiger partial charge is 0.351 e. The zero-order chi connectivity index (χ0) is 20.3. The Bertz CT molecular complexity index is 1040. The molecule has 0 atom stereocenters. The third-order valence-electron chi connectivity index (χ3n) is 6.40. The first kappa shape index (κ1) is 19.5. The lowest BCUT2D eigenvalue weighted by atomic mass is 9.88. The van der Waals surface area contributed by atoms with Crippen LogP contribution in [0, 0.1) is 0 Å². The number of piperidine rings is 1. The van der Waals surface area contributed by atoms with E-state index in [9.17, 15) is 0 Å². The molecule has 1 N–H and O–H groups in total. The molecule has 0 spiro atoms. The Balaban J connectivity index is 1.38. The molecule has 5 heteroatoms. The van der Waals surface area contributed by atoms with Crippen molar-refractivity contribution in [2.24, 2.45) is 0 Å². The molecule has 5 rings (SSSR count). The molecule has 0 unspecified atom stereocenters. The van der Waals surface area contributed by atoms with E-state index in [1.54, 1.807) is 11.9 Å². The predicted molar refractivity (Wildman–Crippen MR) is 122 cm³/mol. The van der Waals surface area contributed by atoms with Crippen molar-refractivity contribution in [2.45, 2.75) is 38.5 Å². The van der Waals surface area contributed by atoms with Crippen molar-refractivity contribution in [2.75, 3.05) is 19.6 Å². The minimum atomic E-state index is 0.823. The van der Waals surface area contributed by atoms with Crippen LogP contribution in [-0.4, -0.2) is 39.5 Å². The van der Waals surface area contributed by atoms with E-state index < -0.39 is 0 Å². The lowest BCUT2D eigenvalue weighted by molar-refractivity contribution is 0.254. The average Bonchev–Trinajstić information content (AvgIpc) is 3.23. The van der Waals surface area contributed by atoms with Crippen LogP contribution in [0.1, 0.15) is 47.3 Å². The number of nitrogens with zero attached hydrogens (tertiary/aromatic N) is 3. The molecule has 1 aliphatic heterocycles. The molecule has 2 aromatic heterocycles. The number of aromatic amines is 1. The minimum absolute atomic E-state index is 0.823. The lowest BCUT2D eigenvalue weighted by Crippen LogP contribution is -2.32. The van der Waals surface area contributed by atoms with Crippen LogP contribution in [0.3, 0.4) is 0 Å². The molecule has 0 amide bonds. The van der Waals surface area contributed by atoms with Crippen molar-refractivity contribution in [1.82, 2.24) is 19.9 Å². The van der Waals surface area contributed by atoms with Gasteiger partial charge in [0.05, 0.1) is 17.7 Å². The number of H-pyrrole nitrogens is 1. The number of nitrogens with one attached hydrogen (secondary N) is 1. The SMILES string of the molecule is Clc1ccc2c(c1)CCc1cccnc1C2=C1CCN(CCCc2c[nH]cn2)CC1.